The van der Waals surface area contributed by atoms with Gasteiger partial charge in [0.05, 0.1) is 34.9 Å². The van der Waals surface area contributed by atoms with Crippen LogP contribution >= 0.6 is 23.4 Å². The normalized spacial score (nSPS) is 21.5. The Morgan fingerprint density at radius 2 is 1.89 bits per heavy atom. The summed E-state index contributed by atoms with van der Waals surface area (Å²) in [4.78, 5) is 19.9. The number of carbonyl (C=O) groups is 1. The minimum Gasteiger partial charge on any atom is -0.495 e. The molecule has 2 unspecified atom stereocenters. The van der Waals surface area contributed by atoms with E-state index in [1.165, 1.54) is 11.8 Å². The van der Waals surface area contributed by atoms with Gasteiger partial charge >= 0.3 is 0 Å². The third-order valence-corrected chi connectivity index (χ3v) is 7.11. The molecule has 7 nitrogen and oxygen atoms in total. The third-order valence-electron chi connectivity index (χ3n) is 5.77. The van der Waals surface area contributed by atoms with Crippen molar-refractivity contribution >= 4 is 40.5 Å². The molecule has 35 heavy (non-hydrogen) atoms. The number of halogens is 1. The van der Waals surface area contributed by atoms with E-state index in [9.17, 15) is 4.79 Å². The van der Waals surface area contributed by atoms with Crippen LogP contribution in [-0.2, 0) is 9.53 Å². The Morgan fingerprint density at radius 3 is 2.57 bits per heavy atom. The van der Waals surface area contributed by atoms with Crippen molar-refractivity contribution in [1.29, 1.82) is 0 Å². The van der Waals surface area contributed by atoms with Crippen molar-refractivity contribution in [1.82, 2.24) is 14.7 Å². The van der Waals surface area contributed by atoms with E-state index < -0.39 is 0 Å². The van der Waals surface area contributed by atoms with Gasteiger partial charge in [0, 0.05) is 30.4 Å². The third kappa shape index (κ3) is 5.00. The molecule has 0 spiro atoms. The van der Waals surface area contributed by atoms with E-state index in [4.69, 9.17) is 26.2 Å². The van der Waals surface area contributed by atoms with E-state index >= 15 is 0 Å². The van der Waals surface area contributed by atoms with E-state index in [1.807, 2.05) is 74.7 Å². The van der Waals surface area contributed by atoms with Crippen LogP contribution in [0, 0.1) is 0 Å². The highest BCUT2D eigenvalue weighted by molar-refractivity contribution is 8.18. The van der Waals surface area contributed by atoms with Gasteiger partial charge in [0.15, 0.2) is 5.17 Å². The fraction of sp³-hybridized carbons (Fsp3) is 0.269. The zero-order valence-electron chi connectivity index (χ0n) is 19.6. The summed E-state index contributed by atoms with van der Waals surface area (Å²) in [6.45, 7) is 5.48. The van der Waals surface area contributed by atoms with Gasteiger partial charge in [0.1, 0.15) is 11.4 Å². The van der Waals surface area contributed by atoms with E-state index in [0.29, 0.717) is 39.6 Å². The summed E-state index contributed by atoms with van der Waals surface area (Å²) in [5, 5.41) is 6.04. The monoisotopic (exact) mass is 508 g/mol. The average Bonchev–Trinajstić information content (AvgIpc) is 3.43. The van der Waals surface area contributed by atoms with Gasteiger partial charge in [-0.05, 0) is 62.0 Å². The molecule has 1 saturated heterocycles. The Hall–Kier alpha value is -3.07. The highest BCUT2D eigenvalue weighted by atomic mass is 35.5. The number of amides is 1. The Morgan fingerprint density at radius 1 is 1.14 bits per heavy atom. The molecule has 1 fully saturated rings. The number of ether oxygens (including phenoxy) is 2. The smallest absolute Gasteiger partial charge is 0.286 e. The fourth-order valence-corrected chi connectivity index (χ4v) is 5.43. The lowest BCUT2D eigenvalue weighted by atomic mass is 10.1. The number of aromatic nitrogens is 2. The molecule has 0 aliphatic carbocycles. The number of carbonyl (C=O) groups excluding carboxylic acids is 1. The van der Waals surface area contributed by atoms with Gasteiger partial charge in [-0.3, -0.25) is 4.79 Å². The summed E-state index contributed by atoms with van der Waals surface area (Å²) in [7, 11) is 1.58. The quantitative estimate of drug-likeness (QED) is 0.446. The molecule has 0 N–H and O–H groups in total. The van der Waals surface area contributed by atoms with Crippen molar-refractivity contribution in [3.05, 3.63) is 70.2 Å². The molecule has 180 valence electrons. The number of nitrogens with zero attached hydrogens (tertiary/aromatic N) is 4. The summed E-state index contributed by atoms with van der Waals surface area (Å²) in [5.74, 6) is 0.342. The largest absolute Gasteiger partial charge is 0.495 e. The van der Waals surface area contributed by atoms with Crippen LogP contribution in [0.15, 0.2) is 64.6 Å². The zero-order valence-corrected chi connectivity index (χ0v) is 21.2. The molecule has 3 heterocycles. The molecule has 2 aliphatic rings. The number of methoxy groups -OCH3 is 1. The number of hydrogen-bond acceptors (Lipinski definition) is 6. The molecule has 2 atom stereocenters. The van der Waals surface area contributed by atoms with Crippen molar-refractivity contribution in [3.63, 3.8) is 0 Å². The van der Waals surface area contributed by atoms with Crippen molar-refractivity contribution in [3.8, 4) is 22.7 Å². The van der Waals surface area contributed by atoms with Gasteiger partial charge in [0.2, 0.25) is 0 Å². The maximum atomic E-state index is 12.9. The second kappa shape index (κ2) is 9.89. The Balaban J connectivity index is 1.51. The maximum Gasteiger partial charge on any atom is 0.286 e. The number of amidine groups is 1. The molecule has 5 rings (SSSR count). The number of benzene rings is 2. The van der Waals surface area contributed by atoms with Crippen LogP contribution in [0.2, 0.25) is 5.02 Å². The molecule has 1 aromatic heterocycles. The molecule has 2 aliphatic heterocycles. The van der Waals surface area contributed by atoms with Gasteiger partial charge in [-0.1, -0.05) is 29.8 Å². The highest BCUT2D eigenvalue weighted by Gasteiger charge is 2.31. The van der Waals surface area contributed by atoms with Crippen LogP contribution in [0.5, 0.6) is 5.75 Å². The first-order chi connectivity index (χ1) is 16.9. The van der Waals surface area contributed by atoms with Crippen molar-refractivity contribution < 1.29 is 14.3 Å². The van der Waals surface area contributed by atoms with Crippen LogP contribution in [-0.4, -0.2) is 58.2 Å². The topological polar surface area (TPSA) is 68.9 Å². The van der Waals surface area contributed by atoms with Crippen LogP contribution in [0.3, 0.4) is 0 Å². The summed E-state index contributed by atoms with van der Waals surface area (Å²) >= 11 is 7.80. The average molecular weight is 509 g/mol. The lowest BCUT2D eigenvalue weighted by Gasteiger charge is -2.35. The van der Waals surface area contributed by atoms with Gasteiger partial charge in [0.25, 0.3) is 5.91 Å². The summed E-state index contributed by atoms with van der Waals surface area (Å²) < 4.78 is 12.9. The van der Waals surface area contributed by atoms with Crippen LogP contribution in [0.25, 0.3) is 23.0 Å². The number of thioether (sulfide) groups is 1. The number of aliphatic imine (C=N–C) groups is 1. The van der Waals surface area contributed by atoms with Gasteiger partial charge in [-0.25, -0.2) is 4.68 Å². The first-order valence-corrected chi connectivity index (χ1v) is 12.5. The maximum absolute atomic E-state index is 12.9. The van der Waals surface area contributed by atoms with Crippen molar-refractivity contribution in [2.24, 2.45) is 4.99 Å². The minimum absolute atomic E-state index is 0.0840. The van der Waals surface area contributed by atoms with Gasteiger partial charge < -0.3 is 14.4 Å². The minimum atomic E-state index is -0.247. The van der Waals surface area contributed by atoms with Crippen LogP contribution < -0.4 is 4.74 Å². The molecular weight excluding hydrogens is 484 g/mol. The highest BCUT2D eigenvalue weighted by Crippen LogP contribution is 2.36. The lowest BCUT2D eigenvalue weighted by molar-refractivity contribution is -0.113. The SMILES string of the molecule is COc1ccc(-c2nn(-c3ccccc3)cc2/C=C2\SC(N3CC(C)OC(C)C3)=NC2=O)cc1Cl. The number of morpholine rings is 1. The molecule has 9 heteroatoms. The predicted octanol–water partition coefficient (Wildman–Crippen LogP) is 5.28. The van der Waals surface area contributed by atoms with Gasteiger partial charge in [-0.15, -0.1) is 0 Å². The number of hydrogen-bond donors (Lipinski definition) is 0. The number of rotatable bonds is 4. The Bertz CT molecular complexity index is 1310. The second-order valence-electron chi connectivity index (χ2n) is 8.53. The molecule has 1 amide bonds. The van der Waals surface area contributed by atoms with Crippen LogP contribution in [0.4, 0.5) is 0 Å². The Kier molecular flexibility index (Phi) is 6.69. The Labute approximate surface area is 213 Å². The summed E-state index contributed by atoms with van der Waals surface area (Å²) in [5.41, 5.74) is 3.24. The van der Waals surface area contributed by atoms with Crippen molar-refractivity contribution in [2.45, 2.75) is 26.1 Å². The predicted molar refractivity (Wildman–Crippen MR) is 140 cm³/mol. The first-order valence-electron chi connectivity index (χ1n) is 11.3. The standard InChI is InChI=1S/C26H25ClN4O3S/c1-16-13-30(14-17(2)34-16)26-28-25(32)23(35-26)12-19-15-31(20-7-5-4-6-8-20)29-24(19)18-9-10-22(33-3)21(27)11-18/h4-12,15-17H,13-14H2,1-3H3/b23-12-. The lowest BCUT2D eigenvalue weighted by Crippen LogP contribution is -2.47. The fourth-order valence-electron chi connectivity index (χ4n) is 4.25. The van der Waals surface area contributed by atoms with Crippen molar-refractivity contribution in [2.75, 3.05) is 20.2 Å². The molecular formula is C26H25ClN4O3S. The van der Waals surface area contributed by atoms with E-state index in [0.717, 1.165) is 16.8 Å². The molecule has 2 aromatic carbocycles. The molecule has 0 radical (unpaired) electrons. The van der Waals surface area contributed by atoms with Gasteiger partial charge in [-0.2, -0.15) is 10.1 Å². The number of para-hydroxylation sites is 1. The summed E-state index contributed by atoms with van der Waals surface area (Å²) in [6.07, 6.45) is 3.94. The summed E-state index contributed by atoms with van der Waals surface area (Å²) in [6, 6.07) is 15.4. The molecule has 3 aromatic rings. The zero-order chi connectivity index (χ0) is 24.5. The molecule has 0 bridgehead atoms. The van der Waals surface area contributed by atoms with E-state index in [2.05, 4.69) is 9.89 Å². The van der Waals surface area contributed by atoms with E-state index in [-0.39, 0.29) is 18.1 Å². The first kappa shape index (κ1) is 23.7. The van der Waals surface area contributed by atoms with Crippen LogP contribution in [0.1, 0.15) is 19.4 Å². The van der Waals surface area contributed by atoms with E-state index in [1.54, 1.807) is 11.8 Å². The molecule has 0 saturated carbocycles. The second-order valence-corrected chi connectivity index (χ2v) is 9.95.